The molecule has 0 fully saturated rings. The van der Waals surface area contributed by atoms with Gasteiger partial charge in [-0.3, -0.25) is 4.79 Å². The van der Waals surface area contributed by atoms with Gasteiger partial charge in [0.15, 0.2) is 18.1 Å². The summed E-state index contributed by atoms with van der Waals surface area (Å²) < 4.78 is 11.6. The average molecular weight is 350 g/mol. The van der Waals surface area contributed by atoms with Crippen LogP contribution in [0.2, 0.25) is 0 Å². The van der Waals surface area contributed by atoms with Crippen LogP contribution in [0, 0.1) is 6.92 Å². The lowest BCUT2D eigenvalue weighted by atomic mass is 10.2. The first-order chi connectivity index (χ1) is 10.1. The van der Waals surface area contributed by atoms with Crippen molar-refractivity contribution in [2.24, 2.45) is 0 Å². The van der Waals surface area contributed by atoms with Crippen molar-refractivity contribution < 1.29 is 14.3 Å². The van der Waals surface area contributed by atoms with Gasteiger partial charge in [0.05, 0.1) is 7.11 Å². The molecule has 0 heterocycles. The summed E-state index contributed by atoms with van der Waals surface area (Å²) in [5, 5.41) is 2.82. The van der Waals surface area contributed by atoms with E-state index in [4.69, 9.17) is 9.47 Å². The number of nitrogens with one attached hydrogen (secondary N) is 1. The van der Waals surface area contributed by atoms with Crippen molar-refractivity contribution in [2.45, 2.75) is 6.92 Å². The van der Waals surface area contributed by atoms with Gasteiger partial charge >= 0.3 is 0 Å². The number of benzene rings is 2. The van der Waals surface area contributed by atoms with Gasteiger partial charge in [-0.25, -0.2) is 0 Å². The molecule has 0 aromatic heterocycles. The maximum atomic E-state index is 11.9. The van der Waals surface area contributed by atoms with Crippen LogP contribution in [0.4, 0.5) is 5.69 Å². The molecule has 0 radical (unpaired) electrons. The van der Waals surface area contributed by atoms with Crippen molar-refractivity contribution in [2.75, 3.05) is 19.0 Å². The van der Waals surface area contributed by atoms with E-state index < -0.39 is 0 Å². The number of hydrogen-bond acceptors (Lipinski definition) is 3. The van der Waals surface area contributed by atoms with E-state index >= 15 is 0 Å². The SMILES string of the molecule is COc1ccccc1OCC(=O)Nc1ccc(Br)cc1C. The molecule has 5 heteroatoms. The normalized spacial score (nSPS) is 10.0. The van der Waals surface area contributed by atoms with Crippen LogP contribution < -0.4 is 14.8 Å². The molecule has 0 saturated carbocycles. The first-order valence-corrected chi connectivity index (χ1v) is 7.21. The first kappa shape index (κ1) is 15.4. The minimum Gasteiger partial charge on any atom is -0.493 e. The third-order valence-corrected chi connectivity index (χ3v) is 3.38. The molecule has 2 rings (SSSR count). The monoisotopic (exact) mass is 349 g/mol. The molecule has 0 saturated heterocycles. The van der Waals surface area contributed by atoms with Crippen molar-refractivity contribution in [3.8, 4) is 11.5 Å². The van der Waals surface area contributed by atoms with Crippen LogP contribution in [0.25, 0.3) is 0 Å². The quantitative estimate of drug-likeness (QED) is 0.893. The van der Waals surface area contributed by atoms with E-state index in [1.165, 1.54) is 0 Å². The Balaban J connectivity index is 1.96. The average Bonchev–Trinajstić information content (AvgIpc) is 2.48. The number of halogens is 1. The number of hydrogen-bond donors (Lipinski definition) is 1. The van der Waals surface area contributed by atoms with E-state index in [1.54, 1.807) is 19.2 Å². The van der Waals surface area contributed by atoms with Crippen LogP contribution in [0.3, 0.4) is 0 Å². The molecule has 0 bridgehead atoms. The summed E-state index contributed by atoms with van der Waals surface area (Å²) >= 11 is 3.39. The Labute approximate surface area is 132 Å². The van der Waals surface area contributed by atoms with Crippen molar-refractivity contribution >= 4 is 27.5 Å². The largest absolute Gasteiger partial charge is 0.493 e. The molecule has 0 aliphatic carbocycles. The highest BCUT2D eigenvalue weighted by molar-refractivity contribution is 9.10. The molecule has 0 aliphatic rings. The Morgan fingerprint density at radius 3 is 2.57 bits per heavy atom. The van der Waals surface area contributed by atoms with Gasteiger partial charge in [0.1, 0.15) is 0 Å². The summed E-state index contributed by atoms with van der Waals surface area (Å²) in [7, 11) is 1.56. The fourth-order valence-electron chi connectivity index (χ4n) is 1.83. The maximum absolute atomic E-state index is 11.9. The Hall–Kier alpha value is -2.01. The van der Waals surface area contributed by atoms with E-state index in [2.05, 4.69) is 21.2 Å². The van der Waals surface area contributed by atoms with Crippen LogP contribution in [0.15, 0.2) is 46.9 Å². The van der Waals surface area contributed by atoms with Crippen molar-refractivity contribution in [3.63, 3.8) is 0 Å². The number of carbonyl (C=O) groups is 1. The van der Waals surface area contributed by atoms with Crippen LogP contribution >= 0.6 is 15.9 Å². The lowest BCUT2D eigenvalue weighted by Crippen LogP contribution is -2.20. The predicted molar refractivity (Wildman–Crippen MR) is 86.0 cm³/mol. The van der Waals surface area contributed by atoms with E-state index in [0.29, 0.717) is 11.5 Å². The molecule has 0 aliphatic heterocycles. The minimum atomic E-state index is -0.216. The predicted octanol–water partition coefficient (Wildman–Crippen LogP) is 3.78. The Kier molecular flexibility index (Phi) is 5.22. The number of carbonyl (C=O) groups excluding carboxylic acids is 1. The van der Waals surface area contributed by atoms with Gasteiger partial charge in [0.2, 0.25) is 0 Å². The molecule has 1 N–H and O–H groups in total. The zero-order chi connectivity index (χ0) is 15.2. The fourth-order valence-corrected chi connectivity index (χ4v) is 2.31. The fraction of sp³-hybridized carbons (Fsp3) is 0.188. The lowest BCUT2D eigenvalue weighted by Gasteiger charge is -2.11. The Morgan fingerprint density at radius 2 is 1.90 bits per heavy atom. The minimum absolute atomic E-state index is 0.0735. The molecule has 4 nitrogen and oxygen atoms in total. The number of rotatable bonds is 5. The molecule has 110 valence electrons. The number of para-hydroxylation sites is 2. The molecular formula is C16H16BrNO3. The van der Waals surface area contributed by atoms with Gasteiger partial charge in [-0.1, -0.05) is 28.1 Å². The molecule has 21 heavy (non-hydrogen) atoms. The summed E-state index contributed by atoms with van der Waals surface area (Å²) in [5.41, 5.74) is 1.75. The molecule has 2 aromatic carbocycles. The second-order valence-electron chi connectivity index (χ2n) is 4.45. The van der Waals surface area contributed by atoms with E-state index in [-0.39, 0.29) is 12.5 Å². The topological polar surface area (TPSA) is 47.6 Å². The van der Waals surface area contributed by atoms with Crippen LogP contribution in [0.1, 0.15) is 5.56 Å². The zero-order valence-electron chi connectivity index (χ0n) is 11.9. The van der Waals surface area contributed by atoms with Crippen LogP contribution in [0.5, 0.6) is 11.5 Å². The third kappa shape index (κ3) is 4.23. The van der Waals surface area contributed by atoms with E-state index in [1.807, 2.05) is 37.3 Å². The first-order valence-electron chi connectivity index (χ1n) is 6.42. The molecule has 2 aromatic rings. The summed E-state index contributed by atoms with van der Waals surface area (Å²) in [6.45, 7) is 1.86. The third-order valence-electron chi connectivity index (χ3n) is 2.89. The lowest BCUT2D eigenvalue weighted by molar-refractivity contribution is -0.118. The van der Waals surface area contributed by atoms with Crippen molar-refractivity contribution in [1.29, 1.82) is 0 Å². The van der Waals surface area contributed by atoms with Crippen molar-refractivity contribution in [1.82, 2.24) is 0 Å². The summed E-state index contributed by atoms with van der Waals surface area (Å²) in [5.74, 6) is 0.930. The maximum Gasteiger partial charge on any atom is 0.262 e. The Morgan fingerprint density at radius 1 is 1.19 bits per heavy atom. The highest BCUT2D eigenvalue weighted by Crippen LogP contribution is 2.25. The van der Waals surface area contributed by atoms with E-state index in [0.717, 1.165) is 15.7 Å². The number of amides is 1. The Bertz CT molecular complexity index is 643. The highest BCUT2D eigenvalue weighted by Gasteiger charge is 2.08. The second kappa shape index (κ2) is 7.13. The molecule has 0 spiro atoms. The van der Waals surface area contributed by atoms with Crippen LogP contribution in [-0.2, 0) is 4.79 Å². The number of aryl methyl sites for hydroxylation is 1. The molecule has 0 unspecified atom stereocenters. The summed E-state index contributed by atoms with van der Waals surface area (Å²) in [4.78, 5) is 11.9. The van der Waals surface area contributed by atoms with E-state index in [9.17, 15) is 4.79 Å². The molecule has 0 atom stereocenters. The second-order valence-corrected chi connectivity index (χ2v) is 5.36. The van der Waals surface area contributed by atoms with Gasteiger partial charge in [0.25, 0.3) is 5.91 Å². The van der Waals surface area contributed by atoms with Gasteiger partial charge in [-0.2, -0.15) is 0 Å². The zero-order valence-corrected chi connectivity index (χ0v) is 13.4. The van der Waals surface area contributed by atoms with Crippen molar-refractivity contribution in [3.05, 3.63) is 52.5 Å². The summed E-state index contributed by atoms with van der Waals surface area (Å²) in [6.07, 6.45) is 0. The highest BCUT2D eigenvalue weighted by atomic mass is 79.9. The van der Waals surface area contributed by atoms with Gasteiger partial charge in [0, 0.05) is 10.2 Å². The smallest absolute Gasteiger partial charge is 0.262 e. The standard InChI is InChI=1S/C16H16BrNO3/c1-11-9-12(17)7-8-13(11)18-16(19)10-21-15-6-4-3-5-14(15)20-2/h3-9H,10H2,1-2H3,(H,18,19). The van der Waals surface area contributed by atoms with Gasteiger partial charge in [-0.15, -0.1) is 0 Å². The molecule has 1 amide bonds. The van der Waals surface area contributed by atoms with Crippen LogP contribution in [-0.4, -0.2) is 19.6 Å². The molecular weight excluding hydrogens is 334 g/mol. The van der Waals surface area contributed by atoms with Gasteiger partial charge in [-0.05, 0) is 42.8 Å². The van der Waals surface area contributed by atoms with Gasteiger partial charge < -0.3 is 14.8 Å². The summed E-state index contributed by atoms with van der Waals surface area (Å²) in [6, 6.07) is 12.9. The number of ether oxygens (including phenoxy) is 2. The number of methoxy groups -OCH3 is 1. The number of anilines is 1.